The molecular formula is C13H14FN3O3. The molecule has 0 bridgehead atoms. The van der Waals surface area contributed by atoms with E-state index in [1.165, 1.54) is 6.07 Å². The van der Waals surface area contributed by atoms with Crippen molar-refractivity contribution in [2.75, 3.05) is 11.1 Å². The average Bonchev–Trinajstić information content (AvgIpc) is 2.87. The number of carboxylic acid groups (broad SMARTS) is 1. The molecule has 0 spiro atoms. The molecule has 2 aromatic rings. The number of nitrogen functional groups attached to an aromatic ring is 1. The van der Waals surface area contributed by atoms with Crippen molar-refractivity contribution in [3.63, 3.8) is 0 Å². The second kappa shape index (κ2) is 5.60. The number of aryl methyl sites for hydroxylation is 1. The van der Waals surface area contributed by atoms with Gasteiger partial charge in [-0.2, -0.15) is 0 Å². The zero-order valence-electron chi connectivity index (χ0n) is 10.8. The number of aromatic carboxylic acids is 1. The summed E-state index contributed by atoms with van der Waals surface area (Å²) in [4.78, 5) is 15.2. The fraction of sp³-hybridized carbons (Fsp3) is 0.231. The normalized spacial score (nSPS) is 10.5. The van der Waals surface area contributed by atoms with E-state index in [1.54, 1.807) is 6.20 Å². The van der Waals surface area contributed by atoms with Crippen LogP contribution in [-0.4, -0.2) is 16.1 Å². The fourth-order valence-corrected chi connectivity index (χ4v) is 1.74. The average molecular weight is 279 g/mol. The molecule has 0 aliphatic heterocycles. The number of aromatic nitrogens is 1. The summed E-state index contributed by atoms with van der Waals surface area (Å²) < 4.78 is 18.7. The minimum Gasteiger partial charge on any atom is -0.478 e. The van der Waals surface area contributed by atoms with Gasteiger partial charge >= 0.3 is 5.97 Å². The molecule has 2 rings (SSSR count). The molecule has 0 unspecified atom stereocenters. The van der Waals surface area contributed by atoms with Crippen LogP contribution in [-0.2, 0) is 13.0 Å². The second-order valence-corrected chi connectivity index (χ2v) is 4.12. The molecule has 0 atom stereocenters. The zero-order chi connectivity index (χ0) is 14.7. The SMILES string of the molecule is CCc1cnc(CNc2ccc(F)c(N)c2C(=O)O)o1. The summed E-state index contributed by atoms with van der Waals surface area (Å²) >= 11 is 0. The molecule has 4 N–H and O–H groups in total. The first-order chi connectivity index (χ1) is 9.52. The molecule has 1 heterocycles. The third-order valence-corrected chi connectivity index (χ3v) is 2.79. The number of hydrogen-bond donors (Lipinski definition) is 3. The maximum absolute atomic E-state index is 13.3. The molecule has 0 fully saturated rings. The molecule has 7 heteroatoms. The second-order valence-electron chi connectivity index (χ2n) is 4.12. The molecule has 0 saturated heterocycles. The molecule has 0 amide bonds. The van der Waals surface area contributed by atoms with Gasteiger partial charge in [0.25, 0.3) is 0 Å². The van der Waals surface area contributed by atoms with Crippen molar-refractivity contribution in [2.45, 2.75) is 19.9 Å². The van der Waals surface area contributed by atoms with Crippen molar-refractivity contribution < 1.29 is 18.7 Å². The minimum absolute atomic E-state index is 0.186. The topological polar surface area (TPSA) is 101 Å². The van der Waals surface area contributed by atoms with Crippen molar-refractivity contribution in [1.82, 2.24) is 4.98 Å². The molecule has 0 radical (unpaired) electrons. The van der Waals surface area contributed by atoms with E-state index in [9.17, 15) is 9.18 Å². The van der Waals surface area contributed by atoms with Crippen LogP contribution >= 0.6 is 0 Å². The van der Waals surface area contributed by atoms with Gasteiger partial charge in [0.15, 0.2) is 0 Å². The van der Waals surface area contributed by atoms with Gasteiger partial charge in [0.2, 0.25) is 5.89 Å². The Hall–Kier alpha value is -2.57. The van der Waals surface area contributed by atoms with Gasteiger partial charge in [-0.05, 0) is 12.1 Å². The summed E-state index contributed by atoms with van der Waals surface area (Å²) in [6.07, 6.45) is 2.32. The molecule has 0 aliphatic carbocycles. The Bertz CT molecular complexity index is 640. The van der Waals surface area contributed by atoms with Gasteiger partial charge in [-0.25, -0.2) is 14.2 Å². The van der Waals surface area contributed by atoms with Gasteiger partial charge in [-0.3, -0.25) is 0 Å². The predicted molar refractivity (Wildman–Crippen MR) is 71.0 cm³/mol. The van der Waals surface area contributed by atoms with Gasteiger partial charge in [-0.15, -0.1) is 0 Å². The van der Waals surface area contributed by atoms with Crippen molar-refractivity contribution in [3.8, 4) is 0 Å². The van der Waals surface area contributed by atoms with E-state index in [-0.39, 0.29) is 17.8 Å². The third kappa shape index (κ3) is 2.71. The van der Waals surface area contributed by atoms with Crippen LogP contribution in [0.15, 0.2) is 22.7 Å². The smallest absolute Gasteiger partial charge is 0.340 e. The Labute approximate surface area is 114 Å². The number of nitrogens with two attached hydrogens (primary N) is 1. The lowest BCUT2D eigenvalue weighted by Crippen LogP contribution is -2.10. The van der Waals surface area contributed by atoms with Crippen LogP contribution in [0.25, 0.3) is 0 Å². The molecule has 6 nitrogen and oxygen atoms in total. The van der Waals surface area contributed by atoms with Crippen molar-refractivity contribution in [2.24, 2.45) is 0 Å². The molecule has 0 aliphatic rings. The number of rotatable bonds is 5. The molecule has 106 valence electrons. The van der Waals surface area contributed by atoms with Crippen LogP contribution in [0.5, 0.6) is 0 Å². The lowest BCUT2D eigenvalue weighted by Gasteiger charge is -2.10. The van der Waals surface area contributed by atoms with E-state index < -0.39 is 17.5 Å². The lowest BCUT2D eigenvalue weighted by molar-refractivity contribution is 0.0698. The summed E-state index contributed by atoms with van der Waals surface area (Å²) in [5, 5.41) is 11.9. The lowest BCUT2D eigenvalue weighted by atomic mass is 10.1. The molecule has 1 aromatic heterocycles. The molecular weight excluding hydrogens is 265 g/mol. The van der Waals surface area contributed by atoms with E-state index in [0.717, 1.165) is 18.2 Å². The van der Waals surface area contributed by atoms with E-state index in [0.29, 0.717) is 5.89 Å². The Balaban J connectivity index is 2.21. The summed E-state index contributed by atoms with van der Waals surface area (Å²) in [6.45, 7) is 2.12. The number of carbonyl (C=O) groups is 1. The number of nitrogens with one attached hydrogen (secondary N) is 1. The number of anilines is 2. The number of carboxylic acids is 1. The highest BCUT2D eigenvalue weighted by Gasteiger charge is 2.17. The monoisotopic (exact) mass is 279 g/mol. The number of oxazole rings is 1. The van der Waals surface area contributed by atoms with Gasteiger partial charge in [-0.1, -0.05) is 6.92 Å². The van der Waals surface area contributed by atoms with Crippen LogP contribution in [0.3, 0.4) is 0 Å². The van der Waals surface area contributed by atoms with Crippen LogP contribution in [0.1, 0.15) is 28.9 Å². The minimum atomic E-state index is -1.30. The van der Waals surface area contributed by atoms with E-state index in [1.807, 2.05) is 6.92 Å². The molecule has 1 aromatic carbocycles. The van der Waals surface area contributed by atoms with Gasteiger partial charge < -0.3 is 20.6 Å². The highest BCUT2D eigenvalue weighted by atomic mass is 19.1. The Morgan fingerprint density at radius 2 is 2.30 bits per heavy atom. The summed E-state index contributed by atoms with van der Waals surface area (Å²) in [5.74, 6) is -0.913. The highest BCUT2D eigenvalue weighted by molar-refractivity contribution is 6.00. The van der Waals surface area contributed by atoms with Crippen LogP contribution in [0.4, 0.5) is 15.8 Å². The maximum atomic E-state index is 13.3. The highest BCUT2D eigenvalue weighted by Crippen LogP contribution is 2.25. The number of benzene rings is 1. The molecule has 0 saturated carbocycles. The van der Waals surface area contributed by atoms with Gasteiger partial charge in [0.1, 0.15) is 17.1 Å². The number of halogens is 1. The van der Waals surface area contributed by atoms with Crippen molar-refractivity contribution in [3.05, 3.63) is 41.4 Å². The number of hydrogen-bond acceptors (Lipinski definition) is 5. The number of nitrogens with zero attached hydrogens (tertiary/aromatic N) is 1. The van der Waals surface area contributed by atoms with Crippen LogP contribution in [0, 0.1) is 5.82 Å². The maximum Gasteiger partial charge on any atom is 0.340 e. The molecule has 20 heavy (non-hydrogen) atoms. The van der Waals surface area contributed by atoms with Crippen molar-refractivity contribution in [1.29, 1.82) is 0 Å². The summed E-state index contributed by atoms with van der Waals surface area (Å²) in [5.41, 5.74) is 4.96. The predicted octanol–water partition coefficient (Wildman–Crippen LogP) is 2.27. The Morgan fingerprint density at radius 1 is 1.55 bits per heavy atom. The van der Waals surface area contributed by atoms with E-state index in [4.69, 9.17) is 15.3 Å². The first-order valence-corrected chi connectivity index (χ1v) is 6.01. The van der Waals surface area contributed by atoms with Gasteiger partial charge in [0.05, 0.1) is 24.1 Å². The zero-order valence-corrected chi connectivity index (χ0v) is 10.8. The van der Waals surface area contributed by atoms with Gasteiger partial charge in [0, 0.05) is 6.42 Å². The van der Waals surface area contributed by atoms with E-state index in [2.05, 4.69) is 10.3 Å². The van der Waals surface area contributed by atoms with Crippen molar-refractivity contribution >= 4 is 17.3 Å². The van der Waals surface area contributed by atoms with E-state index >= 15 is 0 Å². The van der Waals surface area contributed by atoms with Crippen LogP contribution in [0.2, 0.25) is 0 Å². The Morgan fingerprint density at radius 3 is 2.90 bits per heavy atom. The quantitative estimate of drug-likeness (QED) is 0.726. The summed E-state index contributed by atoms with van der Waals surface area (Å²) in [6, 6.07) is 2.43. The third-order valence-electron chi connectivity index (χ3n) is 2.79. The largest absolute Gasteiger partial charge is 0.478 e. The first-order valence-electron chi connectivity index (χ1n) is 6.01. The summed E-state index contributed by atoms with van der Waals surface area (Å²) in [7, 11) is 0. The first kappa shape index (κ1) is 13.9. The Kier molecular flexibility index (Phi) is 3.88. The standard InChI is InChI=1S/C13H14FN3O3/c1-2-7-5-17-10(20-7)6-16-9-4-3-8(14)12(15)11(9)13(18)19/h3-5,16H,2,6,15H2,1H3,(H,18,19). The fourth-order valence-electron chi connectivity index (χ4n) is 1.74. The van der Waals surface area contributed by atoms with Crippen LogP contribution < -0.4 is 11.1 Å².